The van der Waals surface area contributed by atoms with E-state index in [0.29, 0.717) is 21.7 Å². The lowest BCUT2D eigenvalue weighted by molar-refractivity contribution is 0.625. The predicted octanol–water partition coefficient (Wildman–Crippen LogP) is 4.40. The third-order valence-electron chi connectivity index (χ3n) is 2.18. The van der Waals surface area contributed by atoms with Gasteiger partial charge in [0.2, 0.25) is 0 Å². The van der Waals surface area contributed by atoms with Gasteiger partial charge in [0.05, 0.1) is 0 Å². The topological polar surface area (TPSA) is 38.9 Å². The molecule has 1 heterocycles. The van der Waals surface area contributed by atoms with Gasteiger partial charge in [-0.2, -0.15) is 0 Å². The molecule has 1 aromatic heterocycles. The molecule has 2 nitrogen and oxygen atoms in total. The lowest BCUT2D eigenvalue weighted by Crippen LogP contribution is -1.89. The summed E-state index contributed by atoms with van der Waals surface area (Å²) in [5, 5.41) is 0.711. The highest BCUT2D eigenvalue weighted by molar-refractivity contribution is 7.98. The van der Waals surface area contributed by atoms with Crippen molar-refractivity contribution < 1.29 is 4.39 Å². The summed E-state index contributed by atoms with van der Waals surface area (Å²) in [4.78, 5) is 4.69. The van der Waals surface area contributed by atoms with Crippen molar-refractivity contribution in [1.29, 1.82) is 0 Å². The number of nitrogens with zero attached hydrogens (tertiary/aromatic N) is 1. The smallest absolute Gasteiger partial charge is 0.134 e. The first kappa shape index (κ1) is 13.5. The zero-order valence-electron chi connectivity index (χ0n) is 9.16. The Kier molecular flexibility index (Phi) is 4.32. The van der Waals surface area contributed by atoms with Gasteiger partial charge in [-0.3, -0.25) is 0 Å². The van der Waals surface area contributed by atoms with Crippen molar-refractivity contribution in [3.8, 4) is 0 Å². The molecule has 0 saturated heterocycles. The van der Waals surface area contributed by atoms with Crippen LogP contribution in [0.5, 0.6) is 0 Å². The lowest BCUT2D eigenvalue weighted by atomic mass is 10.3. The van der Waals surface area contributed by atoms with Crippen LogP contribution in [0.4, 0.5) is 10.1 Å². The van der Waals surface area contributed by atoms with Crippen LogP contribution in [0.25, 0.3) is 0 Å². The van der Waals surface area contributed by atoms with Crippen LogP contribution in [-0.2, 0) is 5.75 Å². The second-order valence-corrected chi connectivity index (χ2v) is 5.39. The van der Waals surface area contributed by atoms with E-state index in [2.05, 4.69) is 4.98 Å². The molecule has 0 spiro atoms. The number of nitrogen functional groups attached to an aromatic ring is 1. The fourth-order valence-corrected chi connectivity index (χ4v) is 2.84. The molecule has 0 amide bonds. The molecular weight excluding hydrogens is 294 g/mol. The van der Waals surface area contributed by atoms with Crippen molar-refractivity contribution >= 4 is 40.7 Å². The van der Waals surface area contributed by atoms with Gasteiger partial charge in [0.15, 0.2) is 0 Å². The number of halogens is 3. The number of rotatable bonds is 3. The van der Waals surface area contributed by atoms with Crippen molar-refractivity contribution in [3.63, 3.8) is 0 Å². The van der Waals surface area contributed by atoms with Crippen LogP contribution in [0.15, 0.2) is 35.2 Å². The second kappa shape index (κ2) is 5.78. The summed E-state index contributed by atoms with van der Waals surface area (Å²) in [5.41, 5.74) is 6.81. The van der Waals surface area contributed by atoms with Crippen LogP contribution >= 0.6 is 35.0 Å². The number of anilines is 1. The Hall–Kier alpha value is -0.970. The molecule has 2 aromatic rings. The molecule has 1 aromatic carbocycles. The molecule has 0 aliphatic heterocycles. The van der Waals surface area contributed by atoms with Gasteiger partial charge in [0.1, 0.15) is 16.1 Å². The highest BCUT2D eigenvalue weighted by Gasteiger charge is 2.05. The zero-order valence-corrected chi connectivity index (χ0v) is 11.5. The van der Waals surface area contributed by atoms with Crippen LogP contribution < -0.4 is 5.73 Å². The van der Waals surface area contributed by atoms with E-state index in [1.54, 1.807) is 18.2 Å². The first-order valence-electron chi connectivity index (χ1n) is 5.04. The van der Waals surface area contributed by atoms with Crippen molar-refractivity contribution in [2.75, 3.05) is 5.73 Å². The number of aromatic nitrogens is 1. The monoisotopic (exact) mass is 302 g/mol. The average Bonchev–Trinajstić information content (AvgIpc) is 2.26. The average molecular weight is 303 g/mol. The Morgan fingerprint density at radius 2 is 2.00 bits per heavy atom. The predicted molar refractivity (Wildman–Crippen MR) is 74.6 cm³/mol. The largest absolute Gasteiger partial charge is 0.399 e. The van der Waals surface area contributed by atoms with Crippen LogP contribution in [0.3, 0.4) is 0 Å². The van der Waals surface area contributed by atoms with Crippen molar-refractivity contribution in [3.05, 3.63) is 52.0 Å². The first-order chi connectivity index (χ1) is 8.54. The number of thioether (sulfide) groups is 1. The fourth-order valence-electron chi connectivity index (χ4n) is 1.38. The van der Waals surface area contributed by atoms with Crippen molar-refractivity contribution in [2.24, 2.45) is 0 Å². The summed E-state index contributed by atoms with van der Waals surface area (Å²) in [5.74, 6) is 0.226. The molecule has 0 radical (unpaired) electrons. The third kappa shape index (κ3) is 3.51. The Bertz CT molecular complexity index is 558. The van der Waals surface area contributed by atoms with Crippen molar-refractivity contribution in [1.82, 2.24) is 4.98 Å². The molecule has 0 aliphatic carbocycles. The molecule has 2 N–H and O–H groups in total. The molecule has 18 heavy (non-hydrogen) atoms. The summed E-state index contributed by atoms with van der Waals surface area (Å²) in [6.45, 7) is 0. The molecule has 2 rings (SSSR count). The molecule has 0 unspecified atom stereocenters. The minimum atomic E-state index is -0.349. The summed E-state index contributed by atoms with van der Waals surface area (Å²) in [7, 11) is 0. The van der Waals surface area contributed by atoms with E-state index in [-0.39, 0.29) is 5.82 Å². The number of benzene rings is 1. The van der Waals surface area contributed by atoms with Gasteiger partial charge in [0.25, 0.3) is 0 Å². The number of hydrogen-bond donors (Lipinski definition) is 1. The van der Waals surface area contributed by atoms with Crippen LogP contribution in [0, 0.1) is 5.82 Å². The molecule has 0 bridgehead atoms. The van der Waals surface area contributed by atoms with E-state index in [0.717, 1.165) is 10.5 Å². The quantitative estimate of drug-likeness (QED) is 0.519. The van der Waals surface area contributed by atoms with E-state index < -0.39 is 0 Å². The Morgan fingerprint density at radius 1 is 1.22 bits per heavy atom. The summed E-state index contributed by atoms with van der Waals surface area (Å²) < 4.78 is 13.1. The maximum Gasteiger partial charge on any atom is 0.134 e. The van der Waals surface area contributed by atoms with Gasteiger partial charge in [-0.15, -0.1) is 11.8 Å². The summed E-state index contributed by atoms with van der Waals surface area (Å²) in [6, 6.07) is 7.89. The van der Waals surface area contributed by atoms with E-state index in [1.165, 1.54) is 23.9 Å². The van der Waals surface area contributed by atoms with Gasteiger partial charge in [-0.1, -0.05) is 29.3 Å². The summed E-state index contributed by atoms with van der Waals surface area (Å²) >= 11 is 13.1. The van der Waals surface area contributed by atoms with Crippen molar-refractivity contribution in [2.45, 2.75) is 10.6 Å². The molecular formula is C12H9Cl2FN2S. The van der Waals surface area contributed by atoms with Crippen LogP contribution in [0.1, 0.15) is 5.56 Å². The van der Waals surface area contributed by atoms with Crippen LogP contribution in [-0.4, -0.2) is 4.98 Å². The van der Waals surface area contributed by atoms with Gasteiger partial charge < -0.3 is 5.73 Å². The Labute approximate surface area is 118 Å². The van der Waals surface area contributed by atoms with Gasteiger partial charge in [-0.25, -0.2) is 9.37 Å². The van der Waals surface area contributed by atoms with E-state index in [9.17, 15) is 4.39 Å². The molecule has 0 atom stereocenters. The lowest BCUT2D eigenvalue weighted by Gasteiger charge is -2.05. The van der Waals surface area contributed by atoms with Gasteiger partial charge in [0, 0.05) is 16.3 Å². The summed E-state index contributed by atoms with van der Waals surface area (Å²) in [6.07, 6.45) is 0. The van der Waals surface area contributed by atoms with E-state index in [4.69, 9.17) is 28.9 Å². The Balaban J connectivity index is 2.11. The number of hydrogen-bond acceptors (Lipinski definition) is 3. The molecule has 0 saturated carbocycles. The molecule has 0 aliphatic rings. The molecule has 6 heteroatoms. The van der Waals surface area contributed by atoms with E-state index in [1.807, 2.05) is 0 Å². The fraction of sp³-hybridized carbons (Fsp3) is 0.0833. The standard InChI is InChI=1S/C12H9Cl2FN2S/c13-11-2-1-7(12(14)17-11)6-18-10-4-8(15)3-9(16)5-10/h1-5H,6,16H2. The number of nitrogens with two attached hydrogens (primary N) is 1. The maximum absolute atomic E-state index is 13.1. The minimum Gasteiger partial charge on any atom is -0.399 e. The minimum absolute atomic E-state index is 0.349. The number of pyridine rings is 1. The van der Waals surface area contributed by atoms with E-state index >= 15 is 0 Å². The third-order valence-corrected chi connectivity index (χ3v) is 3.74. The maximum atomic E-state index is 13.1. The zero-order chi connectivity index (χ0) is 13.1. The molecule has 0 fully saturated rings. The second-order valence-electron chi connectivity index (χ2n) is 3.59. The molecule has 94 valence electrons. The SMILES string of the molecule is Nc1cc(F)cc(SCc2ccc(Cl)nc2Cl)c1. The van der Waals surface area contributed by atoms with Gasteiger partial charge >= 0.3 is 0 Å². The van der Waals surface area contributed by atoms with Crippen LogP contribution in [0.2, 0.25) is 10.3 Å². The highest BCUT2D eigenvalue weighted by atomic mass is 35.5. The Morgan fingerprint density at radius 3 is 2.67 bits per heavy atom. The van der Waals surface area contributed by atoms with Gasteiger partial charge in [-0.05, 0) is 29.8 Å². The highest BCUT2D eigenvalue weighted by Crippen LogP contribution is 2.28. The normalized spacial score (nSPS) is 10.6. The first-order valence-corrected chi connectivity index (χ1v) is 6.78.